The van der Waals surface area contributed by atoms with Crippen LogP contribution in [0.3, 0.4) is 0 Å². The van der Waals surface area contributed by atoms with Crippen molar-refractivity contribution in [1.82, 2.24) is 15.1 Å². The molecule has 0 radical (unpaired) electrons. The number of amides is 1. The second-order valence-corrected chi connectivity index (χ2v) is 4.45. The van der Waals surface area contributed by atoms with Gasteiger partial charge in [0, 0.05) is 32.1 Å². The van der Waals surface area contributed by atoms with Crippen LogP contribution in [0.5, 0.6) is 0 Å². The molecule has 1 aliphatic rings. The maximum Gasteiger partial charge on any atom is 0.266 e. The standard InChI is InChI=1S/C12H18N4O2/c17-11-8-10(9-14-15-11)13-5-4-12(18)16-6-2-1-3-7-16/h8-9H,1-7H2,(H2,13,15,17). The minimum atomic E-state index is -0.248. The zero-order chi connectivity index (χ0) is 12.8. The van der Waals surface area contributed by atoms with Crippen molar-refractivity contribution in [2.24, 2.45) is 0 Å². The highest BCUT2D eigenvalue weighted by Crippen LogP contribution is 2.10. The fourth-order valence-corrected chi connectivity index (χ4v) is 2.09. The Kier molecular flexibility index (Phi) is 4.33. The second kappa shape index (κ2) is 6.18. The van der Waals surface area contributed by atoms with Crippen molar-refractivity contribution in [1.29, 1.82) is 0 Å². The highest BCUT2D eigenvalue weighted by Gasteiger charge is 2.15. The van der Waals surface area contributed by atoms with Crippen molar-refractivity contribution in [3.05, 3.63) is 22.6 Å². The van der Waals surface area contributed by atoms with Crippen molar-refractivity contribution in [2.45, 2.75) is 25.7 Å². The number of nitrogens with one attached hydrogen (secondary N) is 2. The minimum Gasteiger partial charge on any atom is -0.383 e. The highest BCUT2D eigenvalue weighted by atomic mass is 16.2. The number of rotatable bonds is 4. The Morgan fingerprint density at radius 1 is 1.39 bits per heavy atom. The molecule has 2 rings (SSSR count). The van der Waals surface area contributed by atoms with Gasteiger partial charge in [0.25, 0.3) is 5.56 Å². The Labute approximate surface area is 105 Å². The Morgan fingerprint density at radius 2 is 2.17 bits per heavy atom. The van der Waals surface area contributed by atoms with Crippen molar-refractivity contribution in [2.75, 3.05) is 25.0 Å². The Hall–Kier alpha value is -1.85. The molecule has 0 spiro atoms. The molecule has 2 N–H and O–H groups in total. The lowest BCUT2D eigenvalue weighted by Crippen LogP contribution is -2.36. The summed E-state index contributed by atoms with van der Waals surface area (Å²) >= 11 is 0. The summed E-state index contributed by atoms with van der Waals surface area (Å²) in [4.78, 5) is 24.8. The van der Waals surface area contributed by atoms with Crippen LogP contribution in [0.15, 0.2) is 17.1 Å². The molecule has 0 saturated carbocycles. The first-order valence-corrected chi connectivity index (χ1v) is 6.32. The van der Waals surface area contributed by atoms with E-state index in [0.29, 0.717) is 18.7 Å². The third kappa shape index (κ3) is 3.58. The van der Waals surface area contributed by atoms with Gasteiger partial charge in [-0.15, -0.1) is 0 Å². The molecule has 18 heavy (non-hydrogen) atoms. The average Bonchev–Trinajstić information content (AvgIpc) is 2.40. The van der Waals surface area contributed by atoms with Gasteiger partial charge in [0.2, 0.25) is 5.91 Å². The van der Waals surface area contributed by atoms with Crippen molar-refractivity contribution < 1.29 is 4.79 Å². The maximum atomic E-state index is 11.9. The van der Waals surface area contributed by atoms with E-state index in [9.17, 15) is 9.59 Å². The Balaban J connectivity index is 1.74. The van der Waals surface area contributed by atoms with Crippen LogP contribution in [0.4, 0.5) is 5.69 Å². The van der Waals surface area contributed by atoms with E-state index >= 15 is 0 Å². The lowest BCUT2D eigenvalue weighted by molar-refractivity contribution is -0.131. The maximum absolute atomic E-state index is 11.9. The molecule has 6 heteroatoms. The molecule has 1 aromatic rings. The summed E-state index contributed by atoms with van der Waals surface area (Å²) in [5, 5.41) is 9.00. The van der Waals surface area contributed by atoms with Gasteiger partial charge in [0.1, 0.15) is 0 Å². The van der Waals surface area contributed by atoms with Gasteiger partial charge in [0.05, 0.1) is 11.9 Å². The monoisotopic (exact) mass is 250 g/mol. The predicted molar refractivity (Wildman–Crippen MR) is 68.4 cm³/mol. The van der Waals surface area contributed by atoms with E-state index in [1.807, 2.05) is 4.90 Å². The summed E-state index contributed by atoms with van der Waals surface area (Å²) in [6.07, 6.45) is 5.42. The normalized spacial score (nSPS) is 15.4. The molecular formula is C12H18N4O2. The largest absolute Gasteiger partial charge is 0.383 e. The second-order valence-electron chi connectivity index (χ2n) is 4.45. The third-order valence-electron chi connectivity index (χ3n) is 3.04. The molecule has 6 nitrogen and oxygen atoms in total. The van der Waals surface area contributed by atoms with Gasteiger partial charge in [-0.25, -0.2) is 5.10 Å². The van der Waals surface area contributed by atoms with E-state index in [0.717, 1.165) is 25.9 Å². The smallest absolute Gasteiger partial charge is 0.266 e. The fourth-order valence-electron chi connectivity index (χ4n) is 2.09. The topological polar surface area (TPSA) is 78.1 Å². The van der Waals surface area contributed by atoms with Crippen LogP contribution in [-0.4, -0.2) is 40.6 Å². The third-order valence-corrected chi connectivity index (χ3v) is 3.04. The lowest BCUT2D eigenvalue weighted by Gasteiger charge is -2.26. The molecular weight excluding hydrogens is 232 g/mol. The number of aromatic nitrogens is 2. The number of carbonyl (C=O) groups excluding carboxylic acids is 1. The summed E-state index contributed by atoms with van der Waals surface area (Å²) in [7, 11) is 0. The molecule has 1 aliphatic heterocycles. The van der Waals surface area contributed by atoms with Gasteiger partial charge in [0.15, 0.2) is 0 Å². The summed E-state index contributed by atoms with van der Waals surface area (Å²) < 4.78 is 0. The van der Waals surface area contributed by atoms with Crippen LogP contribution in [0, 0.1) is 0 Å². The van der Waals surface area contributed by atoms with Crippen LogP contribution in [-0.2, 0) is 4.79 Å². The zero-order valence-corrected chi connectivity index (χ0v) is 10.3. The van der Waals surface area contributed by atoms with Crippen LogP contribution < -0.4 is 10.9 Å². The van der Waals surface area contributed by atoms with E-state index in [4.69, 9.17) is 0 Å². The minimum absolute atomic E-state index is 0.181. The van der Waals surface area contributed by atoms with E-state index < -0.39 is 0 Å². The molecule has 0 bridgehead atoms. The van der Waals surface area contributed by atoms with E-state index in [2.05, 4.69) is 15.5 Å². The number of carbonyl (C=O) groups is 1. The summed E-state index contributed by atoms with van der Waals surface area (Å²) in [6.45, 7) is 2.29. The summed E-state index contributed by atoms with van der Waals surface area (Å²) in [5.41, 5.74) is 0.396. The summed E-state index contributed by atoms with van der Waals surface area (Å²) in [5.74, 6) is 0.181. The molecule has 1 amide bonds. The van der Waals surface area contributed by atoms with E-state index in [1.54, 1.807) is 0 Å². The van der Waals surface area contributed by atoms with E-state index in [-0.39, 0.29) is 11.5 Å². The number of hydrogen-bond donors (Lipinski definition) is 2. The molecule has 2 heterocycles. The number of aromatic amines is 1. The molecule has 1 aromatic heterocycles. The van der Waals surface area contributed by atoms with Crippen molar-refractivity contribution in [3.8, 4) is 0 Å². The zero-order valence-electron chi connectivity index (χ0n) is 10.3. The SMILES string of the molecule is O=C(CCNc1cn[nH]c(=O)c1)N1CCCCC1. The molecule has 0 unspecified atom stereocenters. The van der Waals surface area contributed by atoms with Crippen LogP contribution in [0.2, 0.25) is 0 Å². The number of nitrogens with zero attached hydrogens (tertiary/aromatic N) is 2. The molecule has 1 saturated heterocycles. The molecule has 98 valence electrons. The van der Waals surface area contributed by atoms with Gasteiger partial charge in [-0.2, -0.15) is 5.10 Å². The van der Waals surface area contributed by atoms with Gasteiger partial charge in [-0.05, 0) is 19.3 Å². The predicted octanol–water partition coefficient (Wildman–Crippen LogP) is 0.584. The molecule has 0 aromatic carbocycles. The first kappa shape index (κ1) is 12.6. The van der Waals surface area contributed by atoms with Crippen molar-refractivity contribution in [3.63, 3.8) is 0 Å². The highest BCUT2D eigenvalue weighted by molar-refractivity contribution is 5.76. The van der Waals surface area contributed by atoms with Crippen molar-refractivity contribution >= 4 is 11.6 Å². The number of piperidine rings is 1. The lowest BCUT2D eigenvalue weighted by atomic mass is 10.1. The summed E-state index contributed by atoms with van der Waals surface area (Å²) in [6, 6.07) is 1.43. The van der Waals surface area contributed by atoms with Crippen LogP contribution in [0.25, 0.3) is 0 Å². The van der Waals surface area contributed by atoms with E-state index in [1.165, 1.54) is 18.7 Å². The van der Waals surface area contributed by atoms with Crippen LogP contribution in [0.1, 0.15) is 25.7 Å². The van der Waals surface area contributed by atoms with Gasteiger partial charge in [-0.3, -0.25) is 9.59 Å². The average molecular weight is 250 g/mol. The molecule has 0 atom stereocenters. The van der Waals surface area contributed by atoms with Crippen LogP contribution >= 0.6 is 0 Å². The molecule has 1 fully saturated rings. The van der Waals surface area contributed by atoms with Gasteiger partial charge >= 0.3 is 0 Å². The first-order valence-electron chi connectivity index (χ1n) is 6.32. The van der Waals surface area contributed by atoms with Gasteiger partial charge < -0.3 is 10.2 Å². The Morgan fingerprint density at radius 3 is 2.89 bits per heavy atom. The Bertz CT molecular complexity index is 451. The number of H-pyrrole nitrogens is 1. The number of likely N-dealkylation sites (tertiary alicyclic amines) is 1. The quantitative estimate of drug-likeness (QED) is 0.819. The number of anilines is 1. The number of hydrogen-bond acceptors (Lipinski definition) is 4. The fraction of sp³-hybridized carbons (Fsp3) is 0.583. The molecule has 0 aliphatic carbocycles. The van der Waals surface area contributed by atoms with Gasteiger partial charge in [-0.1, -0.05) is 0 Å². The first-order chi connectivity index (χ1) is 8.75.